The Balaban J connectivity index is 1.86. The zero-order valence-corrected chi connectivity index (χ0v) is 20.4. The molecule has 0 saturated carbocycles. The Kier molecular flexibility index (Phi) is 5.46. The maximum Gasteiger partial charge on any atom is 0.199 e. The predicted molar refractivity (Wildman–Crippen MR) is 117 cm³/mol. The van der Waals surface area contributed by atoms with E-state index >= 15 is 0 Å². The Morgan fingerprint density at radius 3 is 2.20 bits per heavy atom. The summed E-state index contributed by atoms with van der Waals surface area (Å²) in [5.41, 5.74) is 2.65. The largest absolute Gasteiger partial charge is 0.252 e. The van der Waals surface area contributed by atoms with Crippen LogP contribution in [0.15, 0.2) is 31.0 Å². The molecule has 0 bridgehead atoms. The van der Waals surface area contributed by atoms with Crippen LogP contribution in [0.2, 0.25) is 0 Å². The first-order valence-electron chi connectivity index (χ1n) is 10.7. The van der Waals surface area contributed by atoms with Crippen molar-refractivity contribution in [1.82, 2.24) is 24.1 Å². The Labute approximate surface area is 180 Å². The molecule has 3 heterocycles. The van der Waals surface area contributed by atoms with Crippen molar-refractivity contribution >= 4 is 0 Å². The summed E-state index contributed by atoms with van der Waals surface area (Å²) in [6, 6.07) is 2.25. The van der Waals surface area contributed by atoms with Gasteiger partial charge in [0.1, 0.15) is 12.2 Å². The van der Waals surface area contributed by atoms with E-state index < -0.39 is 0 Å². The zero-order valence-electron chi connectivity index (χ0n) is 20.4. The van der Waals surface area contributed by atoms with E-state index in [1.807, 2.05) is 11.7 Å². The van der Waals surface area contributed by atoms with Gasteiger partial charge in [-0.1, -0.05) is 34.6 Å². The van der Waals surface area contributed by atoms with Gasteiger partial charge in [-0.15, -0.1) is 9.36 Å². The lowest BCUT2D eigenvalue weighted by Crippen LogP contribution is -2.50. The van der Waals surface area contributed by atoms with Crippen LogP contribution in [0, 0.1) is 0 Å². The smallest absolute Gasteiger partial charge is 0.199 e. The van der Waals surface area contributed by atoms with Gasteiger partial charge in [-0.3, -0.25) is 4.68 Å². The number of aromatic nitrogens is 7. The molecule has 0 aliphatic rings. The fourth-order valence-corrected chi connectivity index (χ4v) is 4.30. The number of hydrogen-bond donors (Lipinski definition) is 0. The van der Waals surface area contributed by atoms with Gasteiger partial charge >= 0.3 is 0 Å². The van der Waals surface area contributed by atoms with Crippen molar-refractivity contribution in [2.45, 2.75) is 77.8 Å². The van der Waals surface area contributed by atoms with Gasteiger partial charge in [0.15, 0.2) is 26.0 Å². The highest BCUT2D eigenvalue weighted by atomic mass is 15.4. The number of hydrogen-bond acceptors (Lipinski definition) is 2. The molecule has 0 unspecified atom stereocenters. The third-order valence-corrected chi connectivity index (χ3v) is 6.15. The van der Waals surface area contributed by atoms with Gasteiger partial charge in [0.2, 0.25) is 0 Å². The lowest BCUT2D eigenvalue weighted by molar-refractivity contribution is -0.780. The maximum absolute atomic E-state index is 4.48. The first-order chi connectivity index (χ1) is 13.7. The maximum atomic E-state index is 4.48. The van der Waals surface area contributed by atoms with Crippen LogP contribution >= 0.6 is 0 Å². The first-order valence-corrected chi connectivity index (χ1v) is 10.7. The molecule has 0 spiro atoms. The molecule has 3 aromatic heterocycles. The molecule has 0 aromatic carbocycles. The minimum Gasteiger partial charge on any atom is -0.252 e. The van der Waals surface area contributed by atoms with E-state index in [0.29, 0.717) is 0 Å². The molecule has 7 nitrogen and oxygen atoms in total. The summed E-state index contributed by atoms with van der Waals surface area (Å²) in [7, 11) is 6.23. The fraction of sp³-hybridized carbons (Fsp3) is 0.652. The monoisotopic (exact) mass is 413 g/mol. The van der Waals surface area contributed by atoms with Crippen molar-refractivity contribution in [3.8, 4) is 0 Å². The van der Waals surface area contributed by atoms with Gasteiger partial charge < -0.3 is 0 Å². The van der Waals surface area contributed by atoms with Crippen LogP contribution in [-0.2, 0) is 50.5 Å². The van der Waals surface area contributed by atoms with Gasteiger partial charge in [-0.2, -0.15) is 14.5 Å². The van der Waals surface area contributed by atoms with E-state index in [1.54, 1.807) is 6.33 Å². The van der Waals surface area contributed by atoms with Crippen LogP contribution in [0.3, 0.4) is 0 Å². The predicted octanol–water partition coefficient (Wildman–Crippen LogP) is 2.32. The lowest BCUT2D eigenvalue weighted by Gasteiger charge is -2.24. The van der Waals surface area contributed by atoms with Crippen LogP contribution in [0.4, 0.5) is 0 Å². The Hall–Kier alpha value is -2.44. The number of aryl methyl sites for hydroxylation is 2. The molecule has 3 aromatic rings. The van der Waals surface area contributed by atoms with Crippen molar-refractivity contribution in [1.29, 1.82) is 0 Å². The molecule has 7 heteroatoms. The molecule has 164 valence electrons. The summed E-state index contributed by atoms with van der Waals surface area (Å²) in [5, 5.41) is 4.25. The summed E-state index contributed by atoms with van der Waals surface area (Å²) in [4.78, 5) is 4.48. The van der Waals surface area contributed by atoms with Gasteiger partial charge in [-0.05, 0) is 19.3 Å². The summed E-state index contributed by atoms with van der Waals surface area (Å²) in [5.74, 6) is 0.992. The third kappa shape index (κ3) is 4.20. The summed E-state index contributed by atoms with van der Waals surface area (Å²) < 4.78 is 11.0. The minimum atomic E-state index is -0.127. The SMILES string of the molecule is Cn1ncnc1C(C)(C)C[n+]1ccc(C(C)(C)Cn2cc(C(C)(C)C)c[n+]2C)n1C. The molecule has 0 aliphatic carbocycles. The van der Waals surface area contributed by atoms with Crippen LogP contribution in [0.1, 0.15) is 65.5 Å². The molecule has 3 rings (SSSR count). The highest BCUT2D eigenvalue weighted by molar-refractivity contribution is 5.15. The Morgan fingerprint density at radius 2 is 1.67 bits per heavy atom. The second-order valence-corrected chi connectivity index (χ2v) is 10.9. The second kappa shape index (κ2) is 7.36. The van der Waals surface area contributed by atoms with E-state index in [1.165, 1.54) is 11.3 Å². The highest BCUT2D eigenvalue weighted by Crippen LogP contribution is 2.27. The molecule has 0 fully saturated rings. The van der Waals surface area contributed by atoms with Gasteiger partial charge in [-0.25, -0.2) is 4.98 Å². The van der Waals surface area contributed by atoms with Gasteiger partial charge in [0.05, 0.1) is 30.9 Å². The third-order valence-electron chi connectivity index (χ3n) is 6.15. The van der Waals surface area contributed by atoms with Crippen LogP contribution in [0.5, 0.6) is 0 Å². The van der Waals surface area contributed by atoms with Crippen molar-refractivity contribution in [2.24, 2.45) is 21.1 Å². The van der Waals surface area contributed by atoms with E-state index in [9.17, 15) is 0 Å². The Bertz CT molecular complexity index is 1020. The van der Waals surface area contributed by atoms with Crippen molar-refractivity contribution in [3.05, 3.63) is 48.1 Å². The fourth-order valence-electron chi connectivity index (χ4n) is 4.30. The normalized spacial score (nSPS) is 13.3. The van der Waals surface area contributed by atoms with Crippen molar-refractivity contribution in [3.63, 3.8) is 0 Å². The van der Waals surface area contributed by atoms with Gasteiger partial charge in [0, 0.05) is 24.1 Å². The highest BCUT2D eigenvalue weighted by Gasteiger charge is 2.35. The molecule has 0 amide bonds. The van der Waals surface area contributed by atoms with E-state index in [4.69, 9.17) is 0 Å². The standard InChI is InChI=1S/C23H39N7/c1-21(2,3)18-13-26(8)30(14-18)15-22(4,5)19-11-12-29(28(19)10)16-23(6,7)20-24-17-25-27(20)9/h11-14,17H,15-16H2,1-10H3/q+2. The molecule has 0 saturated heterocycles. The van der Waals surface area contributed by atoms with Crippen LogP contribution in [0.25, 0.3) is 0 Å². The summed E-state index contributed by atoms with van der Waals surface area (Å²) in [6.45, 7) is 17.6. The van der Waals surface area contributed by atoms with Gasteiger partial charge in [0.25, 0.3) is 0 Å². The number of rotatable bonds is 6. The van der Waals surface area contributed by atoms with Crippen LogP contribution < -0.4 is 9.36 Å². The molecule has 0 N–H and O–H groups in total. The van der Waals surface area contributed by atoms with E-state index in [2.05, 4.69) is 116 Å². The second-order valence-electron chi connectivity index (χ2n) is 10.9. The topological polar surface area (TPSA) is 48.3 Å². The molecule has 0 aliphatic heterocycles. The zero-order chi connectivity index (χ0) is 22.5. The molecular weight excluding hydrogens is 374 g/mol. The minimum absolute atomic E-state index is 0.0269. The quantitative estimate of drug-likeness (QED) is 0.583. The van der Waals surface area contributed by atoms with Crippen molar-refractivity contribution < 1.29 is 9.36 Å². The average molecular weight is 414 g/mol. The first kappa shape index (κ1) is 22.2. The molecular formula is C23H39N7+2. The molecule has 30 heavy (non-hydrogen) atoms. The van der Waals surface area contributed by atoms with Crippen molar-refractivity contribution in [2.75, 3.05) is 0 Å². The average Bonchev–Trinajstić information content (AvgIpc) is 3.28. The van der Waals surface area contributed by atoms with E-state index in [0.717, 1.165) is 18.9 Å². The van der Waals surface area contributed by atoms with Crippen LogP contribution in [-0.4, -0.2) is 24.1 Å². The summed E-state index contributed by atoms with van der Waals surface area (Å²) >= 11 is 0. The molecule has 0 radical (unpaired) electrons. The van der Waals surface area contributed by atoms with E-state index in [-0.39, 0.29) is 16.2 Å². The Morgan fingerprint density at radius 1 is 1.00 bits per heavy atom. The lowest BCUT2D eigenvalue weighted by atomic mass is 9.88. The summed E-state index contributed by atoms with van der Waals surface area (Å²) in [6.07, 6.45) is 8.34. The number of nitrogens with zero attached hydrogens (tertiary/aromatic N) is 7. The molecule has 0 atom stereocenters.